The first kappa shape index (κ1) is 20.1. The molecule has 2 N–H and O–H groups in total. The van der Waals surface area contributed by atoms with Crippen molar-refractivity contribution in [2.24, 2.45) is 7.05 Å². The van der Waals surface area contributed by atoms with E-state index in [0.717, 1.165) is 41.9 Å². The Kier molecular flexibility index (Phi) is 5.53. The molecule has 2 aromatic heterocycles. The molecule has 1 amide bonds. The highest BCUT2D eigenvalue weighted by Gasteiger charge is 2.27. The molecule has 1 saturated carbocycles. The molecular formula is C23H27N5O2. The van der Waals surface area contributed by atoms with Crippen molar-refractivity contribution in [3.63, 3.8) is 0 Å². The van der Waals surface area contributed by atoms with Gasteiger partial charge in [0.25, 0.3) is 11.5 Å². The Labute approximate surface area is 175 Å². The second kappa shape index (κ2) is 8.26. The van der Waals surface area contributed by atoms with Crippen molar-refractivity contribution in [1.29, 1.82) is 0 Å². The van der Waals surface area contributed by atoms with Gasteiger partial charge in [0, 0.05) is 31.0 Å². The molecule has 0 aliphatic heterocycles. The predicted octanol–water partition coefficient (Wildman–Crippen LogP) is 2.97. The van der Waals surface area contributed by atoms with E-state index < -0.39 is 0 Å². The first-order valence-electron chi connectivity index (χ1n) is 10.4. The molecule has 1 aliphatic rings. The van der Waals surface area contributed by atoms with E-state index >= 15 is 0 Å². The van der Waals surface area contributed by atoms with Crippen LogP contribution in [0.3, 0.4) is 0 Å². The number of nitrogens with one attached hydrogen (secondary N) is 2. The van der Waals surface area contributed by atoms with E-state index in [1.807, 2.05) is 44.2 Å². The number of aryl methyl sites for hydroxylation is 2. The standard InChI is InChI=1S/C23H27N5O2/c1-4-18-14(2)21(28(3)27-18)23(30)25-19(15-8-6-5-7-9-15)12-17-13-20(29)26-22(24-17)16-10-11-16/h5-9,13,16,19H,4,10-12H2,1-3H3,(H,25,30)(H,24,26,29)/t19-/m1/s1. The third-order valence-electron chi connectivity index (χ3n) is 5.63. The van der Waals surface area contributed by atoms with Crippen LogP contribution in [0.4, 0.5) is 0 Å². The molecule has 1 aromatic carbocycles. The molecule has 1 aliphatic carbocycles. The zero-order valence-electron chi connectivity index (χ0n) is 17.6. The van der Waals surface area contributed by atoms with E-state index in [2.05, 4.69) is 20.4 Å². The monoisotopic (exact) mass is 405 g/mol. The summed E-state index contributed by atoms with van der Waals surface area (Å²) in [4.78, 5) is 32.8. The zero-order chi connectivity index (χ0) is 21.3. The zero-order valence-corrected chi connectivity index (χ0v) is 17.6. The van der Waals surface area contributed by atoms with Crippen LogP contribution < -0.4 is 10.9 Å². The van der Waals surface area contributed by atoms with Gasteiger partial charge in [-0.1, -0.05) is 37.3 Å². The lowest BCUT2D eigenvalue weighted by Crippen LogP contribution is -2.32. The maximum Gasteiger partial charge on any atom is 0.270 e. The Morgan fingerprint density at radius 1 is 1.30 bits per heavy atom. The molecule has 2 heterocycles. The van der Waals surface area contributed by atoms with Gasteiger partial charge < -0.3 is 10.3 Å². The number of nitrogens with zero attached hydrogens (tertiary/aromatic N) is 3. The maximum absolute atomic E-state index is 13.2. The largest absolute Gasteiger partial charge is 0.344 e. The molecule has 1 atom stereocenters. The van der Waals surface area contributed by atoms with Gasteiger partial charge in [-0.15, -0.1) is 0 Å². The molecule has 3 aromatic rings. The fourth-order valence-corrected chi connectivity index (χ4v) is 3.90. The van der Waals surface area contributed by atoms with Gasteiger partial charge in [-0.3, -0.25) is 14.3 Å². The van der Waals surface area contributed by atoms with Crippen LogP contribution in [-0.2, 0) is 19.9 Å². The molecular weight excluding hydrogens is 378 g/mol. The molecule has 30 heavy (non-hydrogen) atoms. The smallest absolute Gasteiger partial charge is 0.270 e. The van der Waals surface area contributed by atoms with Crippen LogP contribution in [0.2, 0.25) is 0 Å². The Morgan fingerprint density at radius 2 is 2.03 bits per heavy atom. The highest BCUT2D eigenvalue weighted by Crippen LogP contribution is 2.37. The Hall–Kier alpha value is -3.22. The number of H-pyrrole nitrogens is 1. The number of aromatic nitrogens is 4. The van der Waals surface area contributed by atoms with Crippen molar-refractivity contribution < 1.29 is 4.79 Å². The topological polar surface area (TPSA) is 92.7 Å². The molecule has 7 heteroatoms. The van der Waals surface area contributed by atoms with Crippen molar-refractivity contribution in [2.75, 3.05) is 0 Å². The summed E-state index contributed by atoms with van der Waals surface area (Å²) in [6.45, 7) is 3.96. The molecule has 7 nitrogen and oxygen atoms in total. The van der Waals surface area contributed by atoms with E-state index in [4.69, 9.17) is 0 Å². The fourth-order valence-electron chi connectivity index (χ4n) is 3.90. The first-order valence-corrected chi connectivity index (χ1v) is 10.4. The maximum atomic E-state index is 13.2. The van der Waals surface area contributed by atoms with E-state index in [-0.39, 0.29) is 17.5 Å². The summed E-state index contributed by atoms with van der Waals surface area (Å²) in [6.07, 6.45) is 3.34. The van der Waals surface area contributed by atoms with Crippen molar-refractivity contribution in [2.45, 2.75) is 51.5 Å². The van der Waals surface area contributed by atoms with Crippen molar-refractivity contribution >= 4 is 5.91 Å². The fraction of sp³-hybridized carbons (Fsp3) is 0.391. The molecule has 0 spiro atoms. The highest BCUT2D eigenvalue weighted by atomic mass is 16.2. The SMILES string of the molecule is CCc1nn(C)c(C(=O)N[C@H](Cc2cc(=O)[nH]c(C3CC3)n2)c2ccccc2)c1C. The van der Waals surface area contributed by atoms with Crippen LogP contribution in [0, 0.1) is 6.92 Å². The third kappa shape index (κ3) is 4.20. The van der Waals surface area contributed by atoms with Crippen LogP contribution in [-0.4, -0.2) is 25.7 Å². The summed E-state index contributed by atoms with van der Waals surface area (Å²) in [5.41, 5.74) is 3.89. The van der Waals surface area contributed by atoms with Gasteiger partial charge in [0.15, 0.2) is 0 Å². The number of carbonyl (C=O) groups excluding carboxylic acids is 1. The van der Waals surface area contributed by atoms with Crippen LogP contribution in [0.15, 0.2) is 41.2 Å². The summed E-state index contributed by atoms with van der Waals surface area (Å²) in [5, 5.41) is 7.61. The molecule has 1 fully saturated rings. The van der Waals surface area contributed by atoms with E-state index in [0.29, 0.717) is 23.7 Å². The predicted molar refractivity (Wildman–Crippen MR) is 115 cm³/mol. The lowest BCUT2D eigenvalue weighted by atomic mass is 10.0. The van der Waals surface area contributed by atoms with Gasteiger partial charge in [0.2, 0.25) is 0 Å². The normalized spacial score (nSPS) is 14.5. The van der Waals surface area contributed by atoms with Gasteiger partial charge >= 0.3 is 0 Å². The summed E-state index contributed by atoms with van der Waals surface area (Å²) in [7, 11) is 1.79. The average molecular weight is 406 g/mol. The van der Waals surface area contributed by atoms with Crippen molar-refractivity contribution in [1.82, 2.24) is 25.1 Å². The summed E-state index contributed by atoms with van der Waals surface area (Å²) in [5.74, 6) is 0.931. The molecule has 0 radical (unpaired) electrons. The Morgan fingerprint density at radius 3 is 2.67 bits per heavy atom. The van der Waals surface area contributed by atoms with Crippen molar-refractivity contribution in [3.8, 4) is 0 Å². The summed E-state index contributed by atoms with van der Waals surface area (Å²) in [6, 6.07) is 11.0. The minimum atomic E-state index is -0.306. The molecule has 156 valence electrons. The van der Waals surface area contributed by atoms with Gasteiger partial charge in [-0.25, -0.2) is 4.98 Å². The Balaban J connectivity index is 1.64. The lowest BCUT2D eigenvalue weighted by molar-refractivity contribution is 0.0926. The van der Waals surface area contributed by atoms with Crippen LogP contribution >= 0.6 is 0 Å². The number of benzene rings is 1. The second-order valence-electron chi connectivity index (χ2n) is 7.93. The second-order valence-corrected chi connectivity index (χ2v) is 7.93. The van der Waals surface area contributed by atoms with Crippen LogP contribution in [0.5, 0.6) is 0 Å². The van der Waals surface area contributed by atoms with Crippen LogP contribution in [0.1, 0.15) is 70.6 Å². The van der Waals surface area contributed by atoms with Gasteiger partial charge in [0.1, 0.15) is 11.5 Å². The summed E-state index contributed by atoms with van der Waals surface area (Å²) < 4.78 is 1.64. The number of rotatable bonds is 7. The highest BCUT2D eigenvalue weighted by molar-refractivity contribution is 5.94. The lowest BCUT2D eigenvalue weighted by Gasteiger charge is -2.19. The third-order valence-corrected chi connectivity index (χ3v) is 5.63. The van der Waals surface area contributed by atoms with Crippen molar-refractivity contribution in [3.05, 3.63) is 80.8 Å². The minimum Gasteiger partial charge on any atom is -0.344 e. The molecule has 0 unspecified atom stereocenters. The number of aromatic amines is 1. The number of hydrogen-bond acceptors (Lipinski definition) is 4. The van der Waals surface area contributed by atoms with E-state index in [1.165, 1.54) is 6.07 Å². The van der Waals surface area contributed by atoms with Crippen LogP contribution in [0.25, 0.3) is 0 Å². The van der Waals surface area contributed by atoms with Gasteiger partial charge in [-0.05, 0) is 31.7 Å². The van der Waals surface area contributed by atoms with Gasteiger partial charge in [0.05, 0.1) is 17.4 Å². The number of hydrogen-bond donors (Lipinski definition) is 2. The number of amides is 1. The first-order chi connectivity index (χ1) is 14.5. The Bertz CT molecular complexity index is 1110. The summed E-state index contributed by atoms with van der Waals surface area (Å²) >= 11 is 0. The van der Waals surface area contributed by atoms with E-state index in [1.54, 1.807) is 11.7 Å². The molecule has 0 saturated heterocycles. The molecule has 0 bridgehead atoms. The average Bonchev–Trinajstić information content (AvgIpc) is 3.53. The van der Waals surface area contributed by atoms with E-state index in [9.17, 15) is 9.59 Å². The number of carbonyl (C=O) groups is 1. The van der Waals surface area contributed by atoms with Gasteiger partial charge in [-0.2, -0.15) is 5.10 Å². The molecule has 4 rings (SSSR count). The quantitative estimate of drug-likeness (QED) is 0.632. The minimum absolute atomic E-state index is 0.143.